The molecule has 0 unspecified atom stereocenters. The third kappa shape index (κ3) is 5.59. The Balaban J connectivity index is 2.21. The minimum atomic E-state index is -0.786. The van der Waals surface area contributed by atoms with Crippen molar-refractivity contribution < 1.29 is 14.7 Å². The van der Waals surface area contributed by atoms with Gasteiger partial charge in [-0.3, -0.25) is 14.5 Å². The summed E-state index contributed by atoms with van der Waals surface area (Å²) in [4.78, 5) is 24.3. The second kappa shape index (κ2) is 7.48. The Kier molecular flexibility index (Phi) is 6.28. The van der Waals surface area contributed by atoms with E-state index in [1.165, 1.54) is 0 Å². The minimum Gasteiger partial charge on any atom is -0.480 e. The first-order valence-corrected chi connectivity index (χ1v) is 7.17. The molecule has 19 heavy (non-hydrogen) atoms. The fourth-order valence-electron chi connectivity index (χ4n) is 2.40. The molecule has 0 spiro atoms. The van der Waals surface area contributed by atoms with Crippen molar-refractivity contribution in [1.82, 2.24) is 10.2 Å². The zero-order valence-electron chi connectivity index (χ0n) is 12.2. The number of carboxylic acids is 1. The van der Waals surface area contributed by atoms with E-state index in [1.807, 2.05) is 11.8 Å². The van der Waals surface area contributed by atoms with Gasteiger partial charge in [0.05, 0.1) is 6.54 Å². The van der Waals surface area contributed by atoms with Gasteiger partial charge in [0.15, 0.2) is 0 Å². The molecule has 0 atom stereocenters. The molecule has 0 aromatic heterocycles. The van der Waals surface area contributed by atoms with E-state index in [-0.39, 0.29) is 18.5 Å². The van der Waals surface area contributed by atoms with Crippen molar-refractivity contribution in [3.8, 4) is 0 Å². The van der Waals surface area contributed by atoms with Gasteiger partial charge in [0.1, 0.15) is 0 Å². The van der Waals surface area contributed by atoms with Gasteiger partial charge >= 0.3 is 5.97 Å². The van der Waals surface area contributed by atoms with Crippen molar-refractivity contribution in [3.63, 3.8) is 0 Å². The maximum Gasteiger partial charge on any atom is 0.317 e. The van der Waals surface area contributed by atoms with Crippen molar-refractivity contribution in [2.45, 2.75) is 58.5 Å². The lowest BCUT2D eigenvalue weighted by molar-refractivity contribution is -0.139. The first-order chi connectivity index (χ1) is 8.92. The molecule has 1 aliphatic rings. The lowest BCUT2D eigenvalue weighted by atomic mass is 9.85. The van der Waals surface area contributed by atoms with E-state index < -0.39 is 5.97 Å². The highest BCUT2D eigenvalue weighted by atomic mass is 16.4. The molecular formula is C14H26N2O3. The zero-order valence-corrected chi connectivity index (χ0v) is 12.2. The number of amides is 1. The Morgan fingerprint density at radius 2 is 2.00 bits per heavy atom. The Labute approximate surface area is 115 Å². The van der Waals surface area contributed by atoms with Crippen LogP contribution in [0.15, 0.2) is 0 Å². The third-order valence-electron chi connectivity index (χ3n) is 3.69. The summed E-state index contributed by atoms with van der Waals surface area (Å²) in [6, 6.07) is 0.531. The Hall–Kier alpha value is -1.10. The Bertz CT molecular complexity index is 312. The molecule has 0 radical (unpaired) electrons. The lowest BCUT2D eigenvalue weighted by Gasteiger charge is -2.42. The Morgan fingerprint density at radius 1 is 1.37 bits per heavy atom. The number of carbonyl (C=O) groups excluding carboxylic acids is 1. The number of carbonyl (C=O) groups is 2. The summed E-state index contributed by atoms with van der Waals surface area (Å²) in [5.41, 5.74) is 0. The second-order valence-corrected chi connectivity index (χ2v) is 5.78. The standard InChI is InChI=1S/C14H26N2O3/c1-4-16(9-14(18)19)12-7-11(8-12)15-13(17)6-5-10(2)3/h10-12H,4-9H2,1-3H3,(H,15,17)(H,18,19). The first-order valence-electron chi connectivity index (χ1n) is 7.17. The predicted octanol–water partition coefficient (Wildman–Crippen LogP) is 1.48. The molecule has 2 N–H and O–H groups in total. The fourth-order valence-corrected chi connectivity index (χ4v) is 2.40. The summed E-state index contributed by atoms with van der Waals surface area (Å²) >= 11 is 0. The van der Waals surface area contributed by atoms with Crippen LogP contribution in [0.5, 0.6) is 0 Å². The number of hydrogen-bond donors (Lipinski definition) is 2. The van der Waals surface area contributed by atoms with Gasteiger partial charge in [-0.25, -0.2) is 0 Å². The molecular weight excluding hydrogens is 244 g/mol. The topological polar surface area (TPSA) is 69.6 Å². The number of nitrogens with zero attached hydrogens (tertiary/aromatic N) is 1. The van der Waals surface area contributed by atoms with E-state index in [0.29, 0.717) is 18.4 Å². The average molecular weight is 270 g/mol. The minimum absolute atomic E-state index is 0.0924. The van der Waals surface area contributed by atoms with Crippen LogP contribution in [0.25, 0.3) is 0 Å². The average Bonchev–Trinajstić information content (AvgIpc) is 2.27. The normalized spacial score (nSPS) is 22.4. The van der Waals surface area contributed by atoms with Crippen LogP contribution >= 0.6 is 0 Å². The van der Waals surface area contributed by atoms with Crippen molar-refractivity contribution >= 4 is 11.9 Å². The van der Waals surface area contributed by atoms with Gasteiger partial charge < -0.3 is 10.4 Å². The van der Waals surface area contributed by atoms with Crippen LogP contribution in [0, 0.1) is 5.92 Å². The van der Waals surface area contributed by atoms with Gasteiger partial charge in [-0.2, -0.15) is 0 Å². The third-order valence-corrected chi connectivity index (χ3v) is 3.69. The molecule has 110 valence electrons. The maximum absolute atomic E-state index is 11.7. The van der Waals surface area contributed by atoms with Gasteiger partial charge in [0.25, 0.3) is 0 Å². The van der Waals surface area contributed by atoms with Crippen molar-refractivity contribution in [2.75, 3.05) is 13.1 Å². The van der Waals surface area contributed by atoms with Gasteiger partial charge in [-0.15, -0.1) is 0 Å². The number of nitrogens with one attached hydrogen (secondary N) is 1. The highest BCUT2D eigenvalue weighted by Crippen LogP contribution is 2.25. The zero-order chi connectivity index (χ0) is 14.4. The molecule has 0 heterocycles. The summed E-state index contributed by atoms with van der Waals surface area (Å²) < 4.78 is 0. The highest BCUT2D eigenvalue weighted by molar-refractivity contribution is 5.76. The second-order valence-electron chi connectivity index (χ2n) is 5.78. The van der Waals surface area contributed by atoms with Gasteiger partial charge in [-0.1, -0.05) is 20.8 Å². The van der Waals surface area contributed by atoms with Gasteiger partial charge in [0, 0.05) is 18.5 Å². The van der Waals surface area contributed by atoms with E-state index in [9.17, 15) is 9.59 Å². The summed E-state index contributed by atoms with van der Waals surface area (Å²) in [7, 11) is 0. The monoisotopic (exact) mass is 270 g/mol. The predicted molar refractivity (Wildman–Crippen MR) is 73.9 cm³/mol. The van der Waals surface area contributed by atoms with E-state index >= 15 is 0 Å². The molecule has 5 nitrogen and oxygen atoms in total. The summed E-state index contributed by atoms with van der Waals surface area (Å²) in [6.07, 6.45) is 3.25. The molecule has 0 aliphatic heterocycles. The van der Waals surface area contributed by atoms with Crippen LogP contribution < -0.4 is 5.32 Å². The number of rotatable bonds is 8. The van der Waals surface area contributed by atoms with E-state index in [0.717, 1.165) is 25.8 Å². The summed E-state index contributed by atoms with van der Waals surface area (Å²) in [5.74, 6) is -0.115. The van der Waals surface area contributed by atoms with Crippen LogP contribution in [0.1, 0.15) is 46.5 Å². The maximum atomic E-state index is 11.7. The van der Waals surface area contributed by atoms with Crippen LogP contribution in [-0.4, -0.2) is 47.1 Å². The largest absolute Gasteiger partial charge is 0.480 e. The van der Waals surface area contributed by atoms with Crippen LogP contribution in [0.3, 0.4) is 0 Å². The summed E-state index contributed by atoms with van der Waals surface area (Å²) in [5, 5.41) is 11.8. The van der Waals surface area contributed by atoms with Crippen molar-refractivity contribution in [1.29, 1.82) is 0 Å². The SMILES string of the molecule is CCN(CC(=O)O)C1CC(NC(=O)CCC(C)C)C1. The van der Waals surface area contributed by atoms with Crippen LogP contribution in [0.2, 0.25) is 0 Å². The lowest BCUT2D eigenvalue weighted by Crippen LogP contribution is -2.54. The van der Waals surface area contributed by atoms with Gasteiger partial charge in [-0.05, 0) is 31.7 Å². The number of likely N-dealkylation sites (N-methyl/N-ethyl adjacent to an activating group) is 1. The van der Waals surface area contributed by atoms with Crippen LogP contribution in [0.4, 0.5) is 0 Å². The van der Waals surface area contributed by atoms with Crippen molar-refractivity contribution in [2.24, 2.45) is 5.92 Å². The molecule has 0 bridgehead atoms. The molecule has 5 heteroatoms. The molecule has 0 saturated heterocycles. The molecule has 1 aliphatic carbocycles. The van der Waals surface area contributed by atoms with E-state index in [1.54, 1.807) is 0 Å². The van der Waals surface area contributed by atoms with Gasteiger partial charge in [0.2, 0.25) is 5.91 Å². The number of carboxylic acid groups (broad SMARTS) is 1. The molecule has 1 rings (SSSR count). The number of hydrogen-bond acceptors (Lipinski definition) is 3. The van der Waals surface area contributed by atoms with Crippen LogP contribution in [-0.2, 0) is 9.59 Å². The molecule has 1 fully saturated rings. The van der Waals surface area contributed by atoms with E-state index in [4.69, 9.17) is 5.11 Å². The molecule has 0 aromatic carbocycles. The molecule has 1 amide bonds. The number of aliphatic carboxylic acids is 1. The fraction of sp³-hybridized carbons (Fsp3) is 0.857. The molecule has 0 aromatic rings. The summed E-state index contributed by atoms with van der Waals surface area (Å²) in [6.45, 7) is 7.02. The first kappa shape index (κ1) is 16.0. The van der Waals surface area contributed by atoms with E-state index in [2.05, 4.69) is 19.2 Å². The highest BCUT2D eigenvalue weighted by Gasteiger charge is 2.34. The quantitative estimate of drug-likeness (QED) is 0.701. The Morgan fingerprint density at radius 3 is 2.47 bits per heavy atom. The smallest absolute Gasteiger partial charge is 0.317 e. The van der Waals surface area contributed by atoms with Crippen molar-refractivity contribution in [3.05, 3.63) is 0 Å². The molecule has 1 saturated carbocycles.